The van der Waals surface area contributed by atoms with E-state index in [0.29, 0.717) is 30.1 Å². The third-order valence-corrected chi connectivity index (χ3v) is 4.22. The lowest BCUT2D eigenvalue weighted by Crippen LogP contribution is -2.17. The van der Waals surface area contributed by atoms with Crippen molar-refractivity contribution in [3.8, 4) is 0 Å². The minimum absolute atomic E-state index is 0.223. The van der Waals surface area contributed by atoms with Crippen molar-refractivity contribution in [1.82, 2.24) is 0 Å². The number of hydrogen-bond donors (Lipinski definition) is 0. The van der Waals surface area contributed by atoms with Gasteiger partial charge in [-0.3, -0.25) is 0 Å². The zero-order valence-corrected chi connectivity index (χ0v) is 11.9. The Kier molecular flexibility index (Phi) is 5.72. The third kappa shape index (κ3) is 3.89. The van der Waals surface area contributed by atoms with Gasteiger partial charge in [0.1, 0.15) is 5.82 Å². The fourth-order valence-corrected chi connectivity index (χ4v) is 3.05. The van der Waals surface area contributed by atoms with Crippen molar-refractivity contribution in [2.75, 3.05) is 13.7 Å². The Hall–Kier alpha value is -1.22. The molecule has 20 heavy (non-hydrogen) atoms. The number of methoxy groups -OCH3 is 1. The first kappa shape index (κ1) is 15.2. The van der Waals surface area contributed by atoms with Gasteiger partial charge in [0.15, 0.2) is 0 Å². The van der Waals surface area contributed by atoms with Crippen molar-refractivity contribution < 1.29 is 13.5 Å². The predicted octanol–water partition coefficient (Wildman–Crippen LogP) is 4.77. The molecule has 0 amide bonds. The number of halogens is 2. The fraction of sp³-hybridized carbons (Fsp3) is 0.529. The summed E-state index contributed by atoms with van der Waals surface area (Å²) in [5, 5.41) is 0. The van der Waals surface area contributed by atoms with Crippen molar-refractivity contribution in [3.63, 3.8) is 0 Å². The van der Waals surface area contributed by atoms with E-state index in [1.807, 2.05) is 6.07 Å². The maximum absolute atomic E-state index is 13.9. The van der Waals surface area contributed by atoms with Gasteiger partial charge in [0.2, 0.25) is 0 Å². The van der Waals surface area contributed by atoms with Crippen molar-refractivity contribution in [1.29, 1.82) is 0 Å². The molecule has 110 valence electrons. The molecule has 0 heterocycles. The minimum Gasteiger partial charge on any atom is -0.384 e. The Morgan fingerprint density at radius 1 is 1.25 bits per heavy atom. The van der Waals surface area contributed by atoms with E-state index in [2.05, 4.69) is 0 Å². The summed E-state index contributed by atoms with van der Waals surface area (Å²) in [5.41, 5.74) is 1.63. The molecule has 1 fully saturated rings. The molecule has 0 radical (unpaired) electrons. The predicted molar refractivity (Wildman–Crippen MR) is 76.9 cm³/mol. The van der Waals surface area contributed by atoms with E-state index in [0.717, 1.165) is 37.9 Å². The summed E-state index contributed by atoms with van der Waals surface area (Å²) in [5.74, 6) is 0.873. The van der Waals surface area contributed by atoms with Crippen LogP contribution in [0.25, 0.3) is 0 Å². The Labute approximate surface area is 119 Å². The van der Waals surface area contributed by atoms with Gasteiger partial charge in [-0.05, 0) is 61.1 Å². The van der Waals surface area contributed by atoms with Gasteiger partial charge >= 0.3 is 0 Å². The summed E-state index contributed by atoms with van der Waals surface area (Å²) in [4.78, 5) is 0. The van der Waals surface area contributed by atoms with E-state index < -0.39 is 0 Å². The quantitative estimate of drug-likeness (QED) is 0.754. The normalized spacial score (nSPS) is 23.4. The topological polar surface area (TPSA) is 9.23 Å². The monoisotopic (exact) mass is 280 g/mol. The highest BCUT2D eigenvalue weighted by Gasteiger charge is 2.22. The lowest BCUT2D eigenvalue weighted by Gasteiger charge is -2.28. The average molecular weight is 280 g/mol. The second-order valence-electron chi connectivity index (χ2n) is 5.59. The smallest absolute Gasteiger partial charge is 0.126 e. The number of ether oxygens (including phenoxy) is 1. The Morgan fingerprint density at radius 3 is 2.60 bits per heavy atom. The molecule has 0 spiro atoms. The lowest BCUT2D eigenvalue weighted by molar-refractivity contribution is 0.127. The van der Waals surface area contributed by atoms with Crippen LogP contribution in [-0.2, 0) is 11.2 Å². The fourth-order valence-electron chi connectivity index (χ4n) is 3.05. The highest BCUT2D eigenvalue weighted by atomic mass is 19.1. The van der Waals surface area contributed by atoms with E-state index in [1.165, 1.54) is 6.08 Å². The SMILES string of the molecule is COC[C@H]1CC[C@H](c2ccc(CC=CF)c(F)c2)CC1. The van der Waals surface area contributed by atoms with Gasteiger partial charge in [0, 0.05) is 13.7 Å². The Bertz CT molecular complexity index is 448. The van der Waals surface area contributed by atoms with Crippen LogP contribution in [0.4, 0.5) is 8.78 Å². The molecular formula is C17H22F2O. The molecule has 1 saturated carbocycles. The molecule has 1 aliphatic carbocycles. The molecule has 0 saturated heterocycles. The highest BCUT2D eigenvalue weighted by Crippen LogP contribution is 2.36. The lowest BCUT2D eigenvalue weighted by atomic mass is 9.79. The maximum atomic E-state index is 13.9. The van der Waals surface area contributed by atoms with E-state index >= 15 is 0 Å². The van der Waals surface area contributed by atoms with E-state index in [9.17, 15) is 8.78 Å². The van der Waals surface area contributed by atoms with Crippen LogP contribution in [0.3, 0.4) is 0 Å². The first-order valence-electron chi connectivity index (χ1n) is 7.27. The largest absolute Gasteiger partial charge is 0.384 e. The van der Waals surface area contributed by atoms with Gasteiger partial charge in [-0.15, -0.1) is 0 Å². The molecular weight excluding hydrogens is 258 g/mol. The van der Waals surface area contributed by atoms with Crippen LogP contribution >= 0.6 is 0 Å². The van der Waals surface area contributed by atoms with Gasteiger partial charge in [-0.25, -0.2) is 8.78 Å². The summed E-state index contributed by atoms with van der Waals surface area (Å²) >= 11 is 0. The summed E-state index contributed by atoms with van der Waals surface area (Å²) < 4.78 is 31.1. The third-order valence-electron chi connectivity index (χ3n) is 4.22. The molecule has 1 aromatic carbocycles. The molecule has 0 aliphatic heterocycles. The molecule has 0 atom stereocenters. The van der Waals surface area contributed by atoms with Gasteiger partial charge in [-0.1, -0.05) is 18.2 Å². The molecule has 0 bridgehead atoms. The molecule has 1 aromatic rings. The number of benzene rings is 1. The Balaban J connectivity index is 1.98. The molecule has 3 heteroatoms. The van der Waals surface area contributed by atoms with Crippen LogP contribution in [0.5, 0.6) is 0 Å². The van der Waals surface area contributed by atoms with Crippen LogP contribution in [0.1, 0.15) is 42.7 Å². The molecule has 0 unspecified atom stereocenters. The Morgan fingerprint density at radius 2 is 2.00 bits per heavy atom. The second kappa shape index (κ2) is 7.53. The molecule has 1 nitrogen and oxygen atoms in total. The number of rotatable bonds is 5. The summed E-state index contributed by atoms with van der Waals surface area (Å²) in [7, 11) is 1.74. The molecule has 2 rings (SSSR count). The highest BCUT2D eigenvalue weighted by molar-refractivity contribution is 5.28. The zero-order chi connectivity index (χ0) is 14.4. The van der Waals surface area contributed by atoms with Gasteiger partial charge in [0.25, 0.3) is 0 Å². The van der Waals surface area contributed by atoms with Gasteiger partial charge in [-0.2, -0.15) is 0 Å². The standard InChI is InChI=1S/C17H22F2O/c1-20-12-13-4-6-14(7-5-13)16-9-8-15(3-2-10-18)17(19)11-16/h2,8-11,13-14H,3-7,12H2,1H3/t13-,14-. The van der Waals surface area contributed by atoms with Crippen LogP contribution in [-0.4, -0.2) is 13.7 Å². The molecule has 1 aliphatic rings. The van der Waals surface area contributed by atoms with E-state index in [1.54, 1.807) is 19.2 Å². The van der Waals surface area contributed by atoms with Crippen molar-refractivity contribution in [3.05, 3.63) is 47.5 Å². The number of hydrogen-bond acceptors (Lipinski definition) is 1. The number of allylic oxidation sites excluding steroid dienone is 1. The van der Waals surface area contributed by atoms with E-state index in [4.69, 9.17) is 4.74 Å². The van der Waals surface area contributed by atoms with Crippen LogP contribution in [0.15, 0.2) is 30.6 Å². The second-order valence-corrected chi connectivity index (χ2v) is 5.59. The van der Waals surface area contributed by atoms with Crippen molar-refractivity contribution in [2.24, 2.45) is 5.92 Å². The van der Waals surface area contributed by atoms with Gasteiger partial charge < -0.3 is 4.74 Å². The molecule has 0 N–H and O–H groups in total. The average Bonchev–Trinajstić information content (AvgIpc) is 2.47. The van der Waals surface area contributed by atoms with Crippen LogP contribution in [0, 0.1) is 11.7 Å². The van der Waals surface area contributed by atoms with Crippen molar-refractivity contribution >= 4 is 0 Å². The zero-order valence-electron chi connectivity index (χ0n) is 11.9. The minimum atomic E-state index is -0.223. The molecule has 0 aromatic heterocycles. The van der Waals surface area contributed by atoms with E-state index in [-0.39, 0.29) is 5.82 Å². The summed E-state index contributed by atoms with van der Waals surface area (Å²) in [6.07, 6.45) is 6.58. The van der Waals surface area contributed by atoms with Gasteiger partial charge in [0.05, 0.1) is 6.33 Å². The summed E-state index contributed by atoms with van der Waals surface area (Å²) in [6, 6.07) is 5.40. The first-order valence-corrected chi connectivity index (χ1v) is 7.27. The maximum Gasteiger partial charge on any atom is 0.126 e. The van der Waals surface area contributed by atoms with Crippen LogP contribution in [0.2, 0.25) is 0 Å². The van der Waals surface area contributed by atoms with Crippen LogP contribution < -0.4 is 0 Å². The first-order chi connectivity index (χ1) is 9.74. The summed E-state index contributed by atoms with van der Waals surface area (Å²) in [6.45, 7) is 0.829. The van der Waals surface area contributed by atoms with Crippen molar-refractivity contribution in [2.45, 2.75) is 38.0 Å².